The van der Waals surface area contributed by atoms with E-state index in [9.17, 15) is 14.4 Å². The second-order valence-electron chi connectivity index (χ2n) is 9.11. The molecule has 0 aromatic heterocycles. The number of nitrogens with one attached hydrogen (secondary N) is 3. The van der Waals surface area contributed by atoms with Gasteiger partial charge < -0.3 is 20.7 Å². The Morgan fingerprint density at radius 3 is 2.29 bits per heavy atom. The van der Waals surface area contributed by atoms with Gasteiger partial charge in [-0.25, -0.2) is 0 Å². The number of anilines is 2. The molecule has 214 valence electrons. The summed E-state index contributed by atoms with van der Waals surface area (Å²) in [5.41, 5.74) is 2.34. The van der Waals surface area contributed by atoms with Crippen molar-refractivity contribution in [2.75, 3.05) is 17.7 Å². The van der Waals surface area contributed by atoms with Crippen LogP contribution in [0.15, 0.2) is 118 Å². The Morgan fingerprint density at radius 1 is 0.857 bits per heavy atom. The number of carbonyl (C=O) groups excluding carboxylic acids is 3. The molecule has 4 aromatic rings. The standard InChI is InChI=1S/C33H30BrN3O4S/c1-3-30(33(40)35-25-18-16-24(34)17-19-25)42-27-14-9-13-26(21-27)36-32(39)28(20-23-12-7-8-15-29(23)41-2)37-31(38)22-10-5-4-6-11-22/h4-21,30H,3H2,1-2H3,(H,35,40)(H,36,39)(H,37,38)/b28-20+. The van der Waals surface area contributed by atoms with Crippen molar-refractivity contribution in [1.82, 2.24) is 5.32 Å². The molecular weight excluding hydrogens is 614 g/mol. The third kappa shape index (κ3) is 8.58. The van der Waals surface area contributed by atoms with Crippen molar-refractivity contribution in [1.29, 1.82) is 0 Å². The number of hydrogen-bond acceptors (Lipinski definition) is 5. The lowest BCUT2D eigenvalue weighted by Gasteiger charge is -2.16. The molecule has 0 bridgehead atoms. The van der Waals surface area contributed by atoms with Gasteiger partial charge in [0.2, 0.25) is 5.91 Å². The number of carbonyl (C=O) groups is 3. The minimum Gasteiger partial charge on any atom is -0.496 e. The van der Waals surface area contributed by atoms with Gasteiger partial charge in [-0.2, -0.15) is 0 Å². The fraction of sp³-hybridized carbons (Fsp3) is 0.121. The fourth-order valence-electron chi connectivity index (χ4n) is 3.97. The first kappa shape index (κ1) is 30.6. The normalized spacial score (nSPS) is 11.7. The summed E-state index contributed by atoms with van der Waals surface area (Å²) < 4.78 is 6.36. The first-order valence-electron chi connectivity index (χ1n) is 13.2. The Hall–Kier alpha value is -4.34. The first-order chi connectivity index (χ1) is 20.4. The van der Waals surface area contributed by atoms with E-state index in [1.807, 2.05) is 61.5 Å². The molecule has 1 atom stereocenters. The quantitative estimate of drug-likeness (QED) is 0.117. The molecule has 42 heavy (non-hydrogen) atoms. The zero-order chi connectivity index (χ0) is 29.9. The summed E-state index contributed by atoms with van der Waals surface area (Å²) in [6, 6.07) is 30.5. The van der Waals surface area contributed by atoms with Gasteiger partial charge in [0.15, 0.2) is 0 Å². The molecule has 0 aliphatic rings. The molecule has 4 aromatic carbocycles. The predicted molar refractivity (Wildman–Crippen MR) is 173 cm³/mol. The molecule has 0 heterocycles. The van der Waals surface area contributed by atoms with E-state index >= 15 is 0 Å². The van der Waals surface area contributed by atoms with E-state index in [2.05, 4.69) is 31.9 Å². The minimum atomic E-state index is -0.507. The van der Waals surface area contributed by atoms with E-state index in [0.29, 0.717) is 29.0 Å². The number of thioether (sulfide) groups is 1. The maximum absolute atomic E-state index is 13.5. The third-order valence-corrected chi connectivity index (χ3v) is 8.00. The Labute approximate surface area is 257 Å². The van der Waals surface area contributed by atoms with E-state index in [0.717, 1.165) is 15.1 Å². The fourth-order valence-corrected chi connectivity index (χ4v) is 5.25. The molecule has 3 amide bonds. The summed E-state index contributed by atoms with van der Waals surface area (Å²) in [6.45, 7) is 1.95. The third-order valence-electron chi connectivity index (χ3n) is 6.11. The van der Waals surface area contributed by atoms with Crippen molar-refractivity contribution >= 4 is 62.9 Å². The van der Waals surface area contributed by atoms with Crippen LogP contribution in [0.3, 0.4) is 0 Å². The zero-order valence-electron chi connectivity index (χ0n) is 23.1. The van der Waals surface area contributed by atoms with Crippen LogP contribution in [0.2, 0.25) is 0 Å². The lowest BCUT2D eigenvalue weighted by molar-refractivity contribution is -0.116. The lowest BCUT2D eigenvalue weighted by atomic mass is 10.1. The van der Waals surface area contributed by atoms with Crippen LogP contribution < -0.4 is 20.7 Å². The van der Waals surface area contributed by atoms with Crippen LogP contribution in [0, 0.1) is 0 Å². The average molecular weight is 645 g/mol. The second-order valence-corrected chi connectivity index (χ2v) is 11.3. The number of methoxy groups -OCH3 is 1. The molecule has 0 saturated carbocycles. The molecular formula is C33H30BrN3O4S. The van der Waals surface area contributed by atoms with Gasteiger partial charge in [0, 0.05) is 31.9 Å². The van der Waals surface area contributed by atoms with Crippen LogP contribution in [-0.2, 0) is 9.59 Å². The number of benzene rings is 4. The highest BCUT2D eigenvalue weighted by molar-refractivity contribution is 9.10. The number of halogens is 1. The SMILES string of the molecule is CCC(Sc1cccc(NC(=O)/C(=C\c2ccccc2OC)NC(=O)c2ccccc2)c1)C(=O)Nc1ccc(Br)cc1. The lowest BCUT2D eigenvalue weighted by Crippen LogP contribution is -2.30. The monoisotopic (exact) mass is 643 g/mol. The molecule has 3 N–H and O–H groups in total. The average Bonchev–Trinajstić information content (AvgIpc) is 3.01. The summed E-state index contributed by atoms with van der Waals surface area (Å²) in [5, 5.41) is 8.24. The highest BCUT2D eigenvalue weighted by Gasteiger charge is 2.20. The molecule has 4 rings (SSSR count). The van der Waals surface area contributed by atoms with Crippen LogP contribution >= 0.6 is 27.7 Å². The van der Waals surface area contributed by atoms with Crippen LogP contribution in [0.5, 0.6) is 5.75 Å². The predicted octanol–water partition coefficient (Wildman–Crippen LogP) is 7.38. The number of ether oxygens (including phenoxy) is 1. The van der Waals surface area contributed by atoms with Crippen molar-refractivity contribution in [2.45, 2.75) is 23.5 Å². The summed E-state index contributed by atoms with van der Waals surface area (Å²) in [4.78, 5) is 40.2. The molecule has 0 aliphatic heterocycles. The van der Waals surface area contributed by atoms with Crippen molar-refractivity contribution in [3.05, 3.63) is 124 Å². The van der Waals surface area contributed by atoms with Crippen LogP contribution in [0.25, 0.3) is 6.08 Å². The highest BCUT2D eigenvalue weighted by Crippen LogP contribution is 2.29. The molecule has 0 fully saturated rings. The summed E-state index contributed by atoms with van der Waals surface area (Å²) in [5.74, 6) is -0.474. The summed E-state index contributed by atoms with van der Waals surface area (Å²) in [6.07, 6.45) is 2.19. The van der Waals surface area contributed by atoms with Crippen molar-refractivity contribution in [2.24, 2.45) is 0 Å². The molecule has 9 heteroatoms. The van der Waals surface area contributed by atoms with Gasteiger partial charge in [-0.3, -0.25) is 14.4 Å². The topological polar surface area (TPSA) is 96.5 Å². The van der Waals surface area contributed by atoms with Gasteiger partial charge in [-0.1, -0.05) is 65.3 Å². The highest BCUT2D eigenvalue weighted by atomic mass is 79.9. The largest absolute Gasteiger partial charge is 0.496 e. The molecule has 0 spiro atoms. The van der Waals surface area contributed by atoms with E-state index in [-0.39, 0.29) is 16.9 Å². The second kappa shape index (κ2) is 15.0. The van der Waals surface area contributed by atoms with Gasteiger partial charge >= 0.3 is 0 Å². The van der Waals surface area contributed by atoms with Crippen LogP contribution in [-0.4, -0.2) is 30.1 Å². The van der Waals surface area contributed by atoms with Gasteiger partial charge in [-0.05, 0) is 73.2 Å². The van der Waals surface area contributed by atoms with Crippen molar-refractivity contribution in [3.8, 4) is 5.75 Å². The van der Waals surface area contributed by atoms with E-state index in [1.54, 1.807) is 61.7 Å². The number of para-hydroxylation sites is 1. The van der Waals surface area contributed by atoms with E-state index in [4.69, 9.17) is 4.74 Å². The van der Waals surface area contributed by atoms with Gasteiger partial charge in [0.25, 0.3) is 11.8 Å². The Kier molecular flexibility index (Phi) is 11.0. The maximum Gasteiger partial charge on any atom is 0.272 e. The molecule has 7 nitrogen and oxygen atoms in total. The molecule has 1 unspecified atom stereocenters. The molecule has 0 radical (unpaired) electrons. The Bertz CT molecular complexity index is 1580. The smallest absolute Gasteiger partial charge is 0.272 e. The number of amides is 3. The first-order valence-corrected chi connectivity index (χ1v) is 14.9. The number of hydrogen-bond donors (Lipinski definition) is 3. The number of rotatable bonds is 11. The minimum absolute atomic E-state index is 0.0479. The van der Waals surface area contributed by atoms with Gasteiger partial charge in [0.1, 0.15) is 11.4 Å². The van der Waals surface area contributed by atoms with Gasteiger partial charge in [-0.15, -0.1) is 11.8 Å². The van der Waals surface area contributed by atoms with Crippen LogP contribution in [0.4, 0.5) is 11.4 Å². The summed E-state index contributed by atoms with van der Waals surface area (Å²) in [7, 11) is 1.54. The van der Waals surface area contributed by atoms with Gasteiger partial charge in [0.05, 0.1) is 12.4 Å². The molecule has 0 saturated heterocycles. The van der Waals surface area contributed by atoms with E-state index < -0.39 is 11.8 Å². The maximum atomic E-state index is 13.5. The molecule has 0 aliphatic carbocycles. The zero-order valence-corrected chi connectivity index (χ0v) is 25.5. The van der Waals surface area contributed by atoms with E-state index in [1.165, 1.54) is 11.8 Å². The Balaban J connectivity index is 1.52. The Morgan fingerprint density at radius 2 is 1.57 bits per heavy atom. The summed E-state index contributed by atoms with van der Waals surface area (Å²) >= 11 is 4.81. The van der Waals surface area contributed by atoms with Crippen LogP contribution in [0.1, 0.15) is 29.3 Å². The van der Waals surface area contributed by atoms with Crippen molar-refractivity contribution < 1.29 is 19.1 Å². The van der Waals surface area contributed by atoms with Crippen molar-refractivity contribution in [3.63, 3.8) is 0 Å².